The largest absolute Gasteiger partial charge is 0.497 e. The maximum Gasteiger partial charge on any atom is 0.322 e. The van der Waals surface area contributed by atoms with Crippen LogP contribution in [-0.4, -0.2) is 47.3 Å². The number of methoxy groups -OCH3 is 1. The number of nitrogens with two attached hydrogens (primary N) is 1. The highest BCUT2D eigenvalue weighted by Gasteiger charge is 2.50. The molecule has 2 aromatic carbocycles. The molecule has 5 rings (SSSR count). The predicted octanol–water partition coefficient (Wildman–Crippen LogP) is 1.55. The molecule has 10 heteroatoms. The van der Waals surface area contributed by atoms with E-state index in [-0.39, 0.29) is 18.1 Å². The van der Waals surface area contributed by atoms with E-state index >= 15 is 0 Å². The van der Waals surface area contributed by atoms with Crippen LogP contribution in [-0.2, 0) is 16.9 Å². The summed E-state index contributed by atoms with van der Waals surface area (Å²) in [6.45, 7) is 0.236. The number of primary amides is 1. The molecule has 4 N–H and O–H groups in total. The zero-order valence-electron chi connectivity index (χ0n) is 18.7. The Morgan fingerprint density at radius 2 is 1.89 bits per heavy atom. The van der Waals surface area contributed by atoms with Gasteiger partial charge in [0.15, 0.2) is 5.54 Å². The van der Waals surface area contributed by atoms with E-state index in [0.717, 1.165) is 5.56 Å². The van der Waals surface area contributed by atoms with Gasteiger partial charge in [-0.25, -0.2) is 9.78 Å². The minimum absolute atomic E-state index is 0.0604. The first-order valence-electron chi connectivity index (χ1n) is 10.8. The summed E-state index contributed by atoms with van der Waals surface area (Å²) in [5.74, 6) is -0.881. The van der Waals surface area contributed by atoms with Gasteiger partial charge in [-0.15, -0.1) is 0 Å². The summed E-state index contributed by atoms with van der Waals surface area (Å²) >= 11 is 0. The quantitative estimate of drug-likeness (QED) is 0.466. The van der Waals surface area contributed by atoms with Crippen molar-refractivity contribution in [3.63, 3.8) is 0 Å². The molecule has 3 heterocycles. The molecule has 1 atom stereocenters. The fourth-order valence-corrected chi connectivity index (χ4v) is 4.44. The number of nitrogens with zero attached hydrogens (tertiary/aromatic N) is 2. The van der Waals surface area contributed by atoms with Gasteiger partial charge in [0.2, 0.25) is 0 Å². The van der Waals surface area contributed by atoms with Crippen molar-refractivity contribution in [2.75, 3.05) is 13.7 Å². The van der Waals surface area contributed by atoms with Crippen molar-refractivity contribution < 1.29 is 23.9 Å². The third kappa shape index (κ3) is 3.74. The molecule has 0 unspecified atom stereocenters. The molecule has 0 saturated carbocycles. The SMILES string of the molecule is COc1ccc2c(c1)C(=O)N(C[C@@]1(c3ccc(-c4cccc(C(N)=O)n4)cc3)NC(=O)NC1=O)C2. The summed E-state index contributed by atoms with van der Waals surface area (Å²) in [5, 5.41) is 5.01. The van der Waals surface area contributed by atoms with Crippen LogP contribution in [0.1, 0.15) is 32.0 Å². The third-order valence-corrected chi connectivity index (χ3v) is 6.24. The Morgan fingerprint density at radius 3 is 2.54 bits per heavy atom. The van der Waals surface area contributed by atoms with Crippen LogP contribution < -0.4 is 21.1 Å². The molecule has 1 fully saturated rings. The standard InChI is InChI=1S/C25H21N5O5/c1-35-17-10-7-15-12-30(22(32)18(15)11-17)13-25(23(33)28-24(34)29-25)16-8-5-14(6-9-16)19-3-2-4-20(27-19)21(26)31/h2-11H,12-13H2,1H3,(H2,26,31)(H2,28,29,33,34)/t25-/m0/s1. The van der Waals surface area contributed by atoms with Crippen LogP contribution in [0.2, 0.25) is 0 Å². The third-order valence-electron chi connectivity index (χ3n) is 6.24. The lowest BCUT2D eigenvalue weighted by molar-refractivity contribution is -0.124. The Hall–Kier alpha value is -4.73. The first kappa shape index (κ1) is 22.1. The van der Waals surface area contributed by atoms with E-state index in [9.17, 15) is 19.2 Å². The van der Waals surface area contributed by atoms with E-state index in [0.29, 0.717) is 34.7 Å². The van der Waals surface area contributed by atoms with E-state index < -0.39 is 23.4 Å². The minimum Gasteiger partial charge on any atom is -0.497 e. The van der Waals surface area contributed by atoms with E-state index in [4.69, 9.17) is 10.5 Å². The number of nitrogens with one attached hydrogen (secondary N) is 2. The van der Waals surface area contributed by atoms with Crippen LogP contribution in [0.15, 0.2) is 60.7 Å². The lowest BCUT2D eigenvalue weighted by Gasteiger charge is -2.31. The lowest BCUT2D eigenvalue weighted by atomic mass is 9.88. The van der Waals surface area contributed by atoms with E-state index in [1.807, 2.05) is 6.07 Å². The monoisotopic (exact) mass is 471 g/mol. The Kier molecular flexibility index (Phi) is 5.20. The Balaban J connectivity index is 1.47. The molecule has 0 bridgehead atoms. The summed E-state index contributed by atoms with van der Waals surface area (Å²) in [4.78, 5) is 55.6. The Bertz CT molecular complexity index is 1390. The zero-order valence-corrected chi connectivity index (χ0v) is 18.7. The second-order valence-corrected chi connectivity index (χ2v) is 8.35. The number of rotatable bonds is 6. The summed E-state index contributed by atoms with van der Waals surface area (Å²) in [6.07, 6.45) is 0. The van der Waals surface area contributed by atoms with Gasteiger partial charge in [0.05, 0.1) is 19.3 Å². The number of aromatic nitrogens is 1. The molecule has 0 spiro atoms. The molecule has 1 saturated heterocycles. The number of carbonyl (C=O) groups excluding carboxylic acids is 4. The average Bonchev–Trinajstić information content (AvgIpc) is 3.33. The molecule has 0 radical (unpaired) electrons. The first-order chi connectivity index (χ1) is 16.8. The van der Waals surface area contributed by atoms with Gasteiger partial charge >= 0.3 is 6.03 Å². The summed E-state index contributed by atoms with van der Waals surface area (Å²) in [7, 11) is 1.52. The van der Waals surface area contributed by atoms with Crippen LogP contribution >= 0.6 is 0 Å². The number of ether oxygens (including phenoxy) is 1. The van der Waals surface area contributed by atoms with Crippen LogP contribution in [0, 0.1) is 0 Å². The average molecular weight is 471 g/mol. The fourth-order valence-electron chi connectivity index (χ4n) is 4.44. The molecule has 0 aliphatic carbocycles. The van der Waals surface area contributed by atoms with E-state index in [1.54, 1.807) is 48.5 Å². The summed E-state index contributed by atoms with van der Waals surface area (Å²) < 4.78 is 5.22. The highest BCUT2D eigenvalue weighted by molar-refractivity contribution is 6.08. The molecule has 5 amide bonds. The van der Waals surface area contributed by atoms with E-state index in [1.165, 1.54) is 18.1 Å². The molecule has 176 valence electrons. The van der Waals surface area contributed by atoms with Crippen LogP contribution in [0.3, 0.4) is 0 Å². The van der Waals surface area contributed by atoms with Crippen molar-refractivity contribution >= 4 is 23.8 Å². The summed E-state index contributed by atoms with van der Waals surface area (Å²) in [6, 6.07) is 16.4. The molecule has 2 aliphatic heterocycles. The van der Waals surface area contributed by atoms with Gasteiger partial charge in [-0.1, -0.05) is 36.4 Å². The number of benzene rings is 2. The van der Waals surface area contributed by atoms with Gasteiger partial charge in [-0.05, 0) is 35.4 Å². The lowest BCUT2D eigenvalue weighted by Crippen LogP contribution is -2.52. The maximum absolute atomic E-state index is 13.1. The van der Waals surface area contributed by atoms with Gasteiger partial charge in [-0.2, -0.15) is 0 Å². The molecule has 10 nitrogen and oxygen atoms in total. The number of imide groups is 1. The van der Waals surface area contributed by atoms with Crippen molar-refractivity contribution in [3.8, 4) is 17.0 Å². The number of hydrogen-bond donors (Lipinski definition) is 3. The second kappa shape index (κ2) is 8.24. The molecular formula is C25H21N5O5. The van der Waals surface area contributed by atoms with Crippen molar-refractivity contribution in [2.24, 2.45) is 5.73 Å². The van der Waals surface area contributed by atoms with Gasteiger partial charge in [0, 0.05) is 17.7 Å². The predicted molar refractivity (Wildman–Crippen MR) is 124 cm³/mol. The Morgan fingerprint density at radius 1 is 1.11 bits per heavy atom. The van der Waals surface area contributed by atoms with E-state index in [2.05, 4.69) is 15.6 Å². The Labute approximate surface area is 200 Å². The molecular weight excluding hydrogens is 450 g/mol. The van der Waals surface area contributed by atoms with Gasteiger partial charge in [0.25, 0.3) is 17.7 Å². The topological polar surface area (TPSA) is 144 Å². The molecule has 2 aliphatic rings. The van der Waals surface area contributed by atoms with Gasteiger partial charge in [-0.3, -0.25) is 19.7 Å². The first-order valence-corrected chi connectivity index (χ1v) is 10.8. The number of fused-ring (bicyclic) bond motifs is 1. The van der Waals surface area contributed by atoms with Crippen LogP contribution in [0.4, 0.5) is 4.79 Å². The normalized spacial score (nSPS) is 18.8. The molecule has 1 aromatic heterocycles. The maximum atomic E-state index is 13.1. The number of carbonyl (C=O) groups is 4. The molecule has 35 heavy (non-hydrogen) atoms. The number of hydrogen-bond acceptors (Lipinski definition) is 6. The highest BCUT2D eigenvalue weighted by Crippen LogP contribution is 2.33. The smallest absolute Gasteiger partial charge is 0.322 e. The van der Waals surface area contributed by atoms with Gasteiger partial charge in [0.1, 0.15) is 11.4 Å². The van der Waals surface area contributed by atoms with Crippen molar-refractivity contribution in [1.82, 2.24) is 20.5 Å². The van der Waals surface area contributed by atoms with Crippen LogP contribution in [0.25, 0.3) is 11.3 Å². The number of urea groups is 1. The highest BCUT2D eigenvalue weighted by atomic mass is 16.5. The number of amides is 5. The summed E-state index contributed by atoms with van der Waals surface area (Å²) in [5.41, 5.74) is 7.01. The van der Waals surface area contributed by atoms with Crippen molar-refractivity contribution in [3.05, 3.63) is 83.0 Å². The number of pyridine rings is 1. The van der Waals surface area contributed by atoms with Crippen molar-refractivity contribution in [1.29, 1.82) is 0 Å². The second-order valence-electron chi connectivity index (χ2n) is 8.35. The zero-order chi connectivity index (χ0) is 24.7. The van der Waals surface area contributed by atoms with Gasteiger partial charge < -0.3 is 20.7 Å². The van der Waals surface area contributed by atoms with Crippen molar-refractivity contribution in [2.45, 2.75) is 12.1 Å². The van der Waals surface area contributed by atoms with Crippen LogP contribution in [0.5, 0.6) is 5.75 Å². The fraction of sp³-hybridized carbons (Fsp3) is 0.160. The molecule has 3 aromatic rings. The minimum atomic E-state index is -1.47.